The molecule has 204 valence electrons. The maximum atomic E-state index is 13.6. The molecule has 3 aromatic rings. The molecule has 1 heterocycles. The number of carbonyl (C=O) groups excluding carboxylic acids is 1. The average molecular weight is 550 g/mol. The molecule has 0 unspecified atom stereocenters. The number of rotatable bonds is 12. The molecule has 0 saturated carbocycles. The Balaban J connectivity index is 0.00000533. The first-order valence-corrected chi connectivity index (χ1v) is 12.1. The predicted molar refractivity (Wildman–Crippen MR) is 147 cm³/mol. The second-order valence-electron chi connectivity index (χ2n) is 9.14. The Bertz CT molecular complexity index is 1290. The van der Waals surface area contributed by atoms with Crippen molar-refractivity contribution in [2.75, 3.05) is 7.11 Å². The van der Waals surface area contributed by atoms with E-state index in [0.717, 1.165) is 5.56 Å². The molecule has 3 rings (SSSR count). The molecule has 1 amide bonds. The summed E-state index contributed by atoms with van der Waals surface area (Å²) >= 11 is 0. The van der Waals surface area contributed by atoms with Gasteiger partial charge in [-0.15, -0.1) is 0 Å². The van der Waals surface area contributed by atoms with Gasteiger partial charge in [0.15, 0.2) is 5.69 Å². The third-order valence-electron chi connectivity index (χ3n) is 5.81. The monoisotopic (exact) mass is 549 g/mol. The van der Waals surface area contributed by atoms with Crippen LogP contribution >= 0.6 is 0 Å². The van der Waals surface area contributed by atoms with Crippen LogP contribution in [0, 0.1) is 5.82 Å². The molecule has 1 aromatic heterocycles. The molecule has 0 spiro atoms. The van der Waals surface area contributed by atoms with Crippen LogP contribution < -0.4 is 10.1 Å². The van der Waals surface area contributed by atoms with E-state index in [1.807, 2.05) is 32.0 Å². The van der Waals surface area contributed by atoms with Crippen molar-refractivity contribution < 1.29 is 34.0 Å². The zero-order valence-electron chi connectivity index (χ0n) is 21.5. The summed E-state index contributed by atoms with van der Waals surface area (Å²) in [5.74, 6) is -1.50. The number of ether oxygens (including phenoxy) is 1. The standard InChI is InChI=1S/C28H32FN3O6.Na.H/c1-17(2)26-24(12-11-21(33)14-22(34)15-25(35)36)32(20-9-7-19(29)8-10-20)31-27(26)28(37)30-16-18-5-4-6-23(13-18)38-3;;/h4-13,17,21-22,33-34H,14-16H2,1-3H3,(H,30,37)(H,35,36);;/t21-,22+;;/m0../s1. The molecular weight excluding hydrogens is 516 g/mol. The van der Waals surface area contributed by atoms with Crippen molar-refractivity contribution in [3.05, 3.63) is 82.9 Å². The third-order valence-corrected chi connectivity index (χ3v) is 5.81. The molecule has 39 heavy (non-hydrogen) atoms. The van der Waals surface area contributed by atoms with Crippen LogP contribution in [-0.2, 0) is 11.3 Å². The van der Waals surface area contributed by atoms with E-state index >= 15 is 0 Å². The van der Waals surface area contributed by atoms with Crippen molar-refractivity contribution in [1.82, 2.24) is 15.1 Å². The van der Waals surface area contributed by atoms with Crippen molar-refractivity contribution in [2.45, 2.75) is 51.4 Å². The summed E-state index contributed by atoms with van der Waals surface area (Å²) in [6.07, 6.45) is -0.0665. The molecule has 0 aliphatic carbocycles. The van der Waals surface area contributed by atoms with Gasteiger partial charge in [0, 0.05) is 18.5 Å². The van der Waals surface area contributed by atoms with Crippen LogP contribution in [0.4, 0.5) is 4.39 Å². The molecule has 11 heteroatoms. The second kappa shape index (κ2) is 14.9. The molecular formula is C28H33FN3NaO6. The van der Waals surface area contributed by atoms with Gasteiger partial charge in [0.05, 0.1) is 37.1 Å². The summed E-state index contributed by atoms with van der Waals surface area (Å²) in [5, 5.41) is 36.5. The molecule has 0 saturated heterocycles. The normalized spacial score (nSPS) is 12.7. The summed E-state index contributed by atoms with van der Waals surface area (Å²) < 4.78 is 20.3. The number of nitrogens with zero attached hydrogens (tertiary/aromatic N) is 2. The van der Waals surface area contributed by atoms with Crippen LogP contribution in [0.1, 0.15) is 59.9 Å². The fraction of sp³-hybridized carbons (Fsp3) is 0.321. The number of aliphatic hydroxyl groups excluding tert-OH is 2. The van der Waals surface area contributed by atoms with Crippen molar-refractivity contribution >= 4 is 47.5 Å². The number of hydrogen-bond acceptors (Lipinski definition) is 6. The Morgan fingerprint density at radius 2 is 1.85 bits per heavy atom. The van der Waals surface area contributed by atoms with Gasteiger partial charge in [0.2, 0.25) is 0 Å². The molecule has 0 aliphatic heterocycles. The Labute approximate surface area is 248 Å². The van der Waals surface area contributed by atoms with Crippen molar-refractivity contribution in [2.24, 2.45) is 0 Å². The summed E-state index contributed by atoms with van der Waals surface area (Å²) in [6, 6.07) is 12.9. The molecule has 0 fully saturated rings. The van der Waals surface area contributed by atoms with Crippen molar-refractivity contribution in [3.63, 3.8) is 0 Å². The number of aliphatic hydroxyl groups is 2. The van der Waals surface area contributed by atoms with E-state index in [4.69, 9.17) is 9.84 Å². The number of carboxylic acids is 1. The van der Waals surface area contributed by atoms with Crippen LogP contribution in [0.5, 0.6) is 5.75 Å². The van der Waals surface area contributed by atoms with E-state index in [2.05, 4.69) is 10.4 Å². The van der Waals surface area contributed by atoms with E-state index in [9.17, 15) is 24.2 Å². The van der Waals surface area contributed by atoms with Gasteiger partial charge in [0.1, 0.15) is 11.6 Å². The Hall–Kier alpha value is -3.02. The minimum absolute atomic E-state index is 0. The minimum atomic E-state index is -1.23. The van der Waals surface area contributed by atoms with Crippen LogP contribution in [0.15, 0.2) is 54.6 Å². The number of aliphatic carboxylic acids is 1. The Morgan fingerprint density at radius 3 is 2.46 bits per heavy atom. The second-order valence-corrected chi connectivity index (χ2v) is 9.14. The Morgan fingerprint density at radius 1 is 1.15 bits per heavy atom. The maximum absolute atomic E-state index is 13.6. The third kappa shape index (κ3) is 9.01. The van der Waals surface area contributed by atoms with Crippen LogP contribution in [-0.4, -0.2) is 85.9 Å². The number of halogens is 1. The van der Waals surface area contributed by atoms with Gasteiger partial charge >= 0.3 is 35.5 Å². The number of benzene rings is 2. The quantitative estimate of drug-likeness (QED) is 0.255. The van der Waals surface area contributed by atoms with Gasteiger partial charge in [-0.05, 0) is 54.0 Å². The first kappa shape index (κ1) is 32.2. The van der Waals surface area contributed by atoms with Crippen LogP contribution in [0.2, 0.25) is 0 Å². The number of amides is 1. The van der Waals surface area contributed by atoms with Crippen molar-refractivity contribution in [3.8, 4) is 11.4 Å². The molecule has 2 aromatic carbocycles. The van der Waals surface area contributed by atoms with Gasteiger partial charge in [0.25, 0.3) is 5.91 Å². The molecule has 2 atom stereocenters. The SMILES string of the molecule is COc1cccc(CNC(=O)c2nn(-c3ccc(F)cc3)c(C=C[C@H](O)C[C@@H](O)CC(=O)O)c2C(C)C)c1.[NaH]. The van der Waals surface area contributed by atoms with E-state index in [-0.39, 0.29) is 54.1 Å². The predicted octanol–water partition coefficient (Wildman–Crippen LogP) is 3.02. The van der Waals surface area contributed by atoms with Gasteiger partial charge < -0.3 is 25.4 Å². The van der Waals surface area contributed by atoms with E-state index < -0.39 is 36.3 Å². The first-order valence-electron chi connectivity index (χ1n) is 12.1. The van der Waals surface area contributed by atoms with E-state index in [1.165, 1.54) is 35.0 Å². The molecule has 0 aliphatic rings. The number of methoxy groups -OCH3 is 1. The zero-order chi connectivity index (χ0) is 27.8. The molecule has 0 radical (unpaired) electrons. The van der Waals surface area contributed by atoms with Gasteiger partial charge in [-0.25, -0.2) is 9.07 Å². The van der Waals surface area contributed by atoms with Gasteiger partial charge in [-0.3, -0.25) is 9.59 Å². The molecule has 9 nitrogen and oxygen atoms in total. The van der Waals surface area contributed by atoms with Gasteiger partial charge in [-0.2, -0.15) is 5.10 Å². The number of aromatic nitrogens is 2. The van der Waals surface area contributed by atoms with Crippen LogP contribution in [0.25, 0.3) is 11.8 Å². The number of nitrogens with one attached hydrogen (secondary N) is 1. The summed E-state index contributed by atoms with van der Waals surface area (Å²) in [6.45, 7) is 4.03. The number of hydrogen-bond donors (Lipinski definition) is 4. The van der Waals surface area contributed by atoms with E-state index in [0.29, 0.717) is 22.7 Å². The van der Waals surface area contributed by atoms with E-state index in [1.54, 1.807) is 19.3 Å². The summed E-state index contributed by atoms with van der Waals surface area (Å²) in [5.41, 5.74) is 2.61. The molecule has 0 bridgehead atoms. The molecule has 4 N–H and O–H groups in total. The topological polar surface area (TPSA) is 134 Å². The van der Waals surface area contributed by atoms with Crippen molar-refractivity contribution in [1.29, 1.82) is 0 Å². The average Bonchev–Trinajstić information content (AvgIpc) is 3.26. The zero-order valence-corrected chi connectivity index (χ0v) is 21.5. The Kier molecular flexibility index (Phi) is 12.3. The fourth-order valence-corrected chi connectivity index (χ4v) is 4.01. The van der Waals surface area contributed by atoms with Gasteiger partial charge in [-0.1, -0.05) is 32.1 Å². The summed E-state index contributed by atoms with van der Waals surface area (Å²) in [4.78, 5) is 24.1. The summed E-state index contributed by atoms with van der Waals surface area (Å²) in [7, 11) is 1.56. The fourth-order valence-electron chi connectivity index (χ4n) is 4.01. The van der Waals surface area contributed by atoms with Crippen LogP contribution in [0.3, 0.4) is 0 Å². The number of carboxylic acid groups (broad SMARTS) is 1. The number of carbonyl (C=O) groups is 2. The first-order chi connectivity index (χ1) is 18.1.